The van der Waals surface area contributed by atoms with Gasteiger partial charge < -0.3 is 14.5 Å². The second kappa shape index (κ2) is 6.03. The van der Waals surface area contributed by atoms with Crippen LogP contribution in [0, 0.1) is 4.77 Å². The second-order valence-electron chi connectivity index (χ2n) is 5.03. The third-order valence-electron chi connectivity index (χ3n) is 3.35. The second-order valence-corrected chi connectivity index (χ2v) is 5.86. The Morgan fingerprint density at radius 1 is 1.53 bits per heavy atom. The van der Waals surface area contributed by atoms with Crippen molar-refractivity contribution in [1.82, 2.24) is 19.4 Å². The maximum Gasteiger partial charge on any atom is 0.179 e. The van der Waals surface area contributed by atoms with E-state index in [0.29, 0.717) is 15.8 Å². The maximum atomic E-state index is 5.93. The molecule has 0 aliphatic carbocycles. The Kier molecular flexibility index (Phi) is 4.60. The van der Waals surface area contributed by atoms with Gasteiger partial charge in [0.15, 0.2) is 10.4 Å². The van der Waals surface area contributed by atoms with E-state index in [2.05, 4.69) is 35.8 Å². The Bertz CT molecular complexity index is 617. The first-order valence-corrected chi connectivity index (χ1v) is 7.22. The number of nitrogens with zero attached hydrogens (tertiary/aromatic N) is 3. The van der Waals surface area contributed by atoms with Crippen molar-refractivity contribution < 1.29 is 0 Å². The zero-order chi connectivity index (χ0) is 14.0. The monoisotopic (exact) mass is 298 g/mol. The molecule has 19 heavy (non-hydrogen) atoms. The van der Waals surface area contributed by atoms with Crippen LogP contribution in [0.1, 0.15) is 20.3 Å². The number of halogens is 1. The summed E-state index contributed by atoms with van der Waals surface area (Å²) in [5.41, 5.74) is 1.77. The molecule has 104 valence electrons. The minimum Gasteiger partial charge on any atom is -0.329 e. The van der Waals surface area contributed by atoms with E-state index in [1.54, 1.807) is 6.20 Å². The summed E-state index contributed by atoms with van der Waals surface area (Å²) in [6.07, 6.45) is 2.70. The zero-order valence-electron chi connectivity index (χ0n) is 11.5. The molecule has 2 rings (SSSR count). The lowest BCUT2D eigenvalue weighted by molar-refractivity contribution is 0.265. The standard InChI is InChI=1S/C13H19ClN4S/c1-9(2)17(3)5-4-6-18-12-11(16-13(18)19)7-10(14)8-15-12/h7-9H,4-6H2,1-3H3,(H,16,19). The molecule has 2 aromatic rings. The highest BCUT2D eigenvalue weighted by Crippen LogP contribution is 2.16. The predicted molar refractivity (Wildman–Crippen MR) is 82.3 cm³/mol. The number of fused-ring (bicyclic) bond motifs is 1. The Balaban J connectivity index is 2.13. The molecular formula is C13H19ClN4S. The first-order chi connectivity index (χ1) is 8.99. The highest BCUT2D eigenvalue weighted by molar-refractivity contribution is 7.71. The minimum atomic E-state index is 0.563. The Morgan fingerprint density at radius 2 is 2.26 bits per heavy atom. The number of rotatable bonds is 5. The molecule has 1 N–H and O–H groups in total. The fourth-order valence-corrected chi connectivity index (χ4v) is 2.41. The molecule has 0 unspecified atom stereocenters. The van der Waals surface area contributed by atoms with Crippen molar-refractivity contribution in [3.8, 4) is 0 Å². The highest BCUT2D eigenvalue weighted by atomic mass is 35.5. The SMILES string of the molecule is CC(C)N(C)CCCn1c(=S)[nH]c2cc(Cl)cnc21. The van der Waals surface area contributed by atoms with Crippen LogP contribution in [0.2, 0.25) is 5.02 Å². The fraction of sp³-hybridized carbons (Fsp3) is 0.538. The molecule has 0 aliphatic rings. The van der Waals surface area contributed by atoms with Gasteiger partial charge in [-0.1, -0.05) is 11.6 Å². The molecule has 0 aliphatic heterocycles. The minimum absolute atomic E-state index is 0.563. The summed E-state index contributed by atoms with van der Waals surface area (Å²) in [4.78, 5) is 9.82. The van der Waals surface area contributed by atoms with Crippen LogP contribution in [0.25, 0.3) is 11.2 Å². The van der Waals surface area contributed by atoms with E-state index in [1.807, 2.05) is 10.6 Å². The Morgan fingerprint density at radius 3 is 2.95 bits per heavy atom. The summed E-state index contributed by atoms with van der Waals surface area (Å²) in [6, 6.07) is 2.42. The first-order valence-electron chi connectivity index (χ1n) is 6.43. The molecule has 2 aromatic heterocycles. The molecule has 0 saturated heterocycles. The summed E-state index contributed by atoms with van der Waals surface area (Å²) >= 11 is 11.3. The van der Waals surface area contributed by atoms with E-state index in [9.17, 15) is 0 Å². The van der Waals surface area contributed by atoms with Gasteiger partial charge in [-0.3, -0.25) is 0 Å². The molecule has 0 aromatic carbocycles. The molecule has 0 atom stereocenters. The van der Waals surface area contributed by atoms with Gasteiger partial charge in [-0.05, 0) is 52.1 Å². The lowest BCUT2D eigenvalue weighted by Crippen LogP contribution is -2.27. The first kappa shape index (κ1) is 14.5. The highest BCUT2D eigenvalue weighted by Gasteiger charge is 2.07. The molecule has 4 nitrogen and oxygen atoms in total. The molecule has 0 radical (unpaired) electrons. The average Bonchev–Trinajstić information content (AvgIpc) is 2.64. The summed E-state index contributed by atoms with van der Waals surface area (Å²) in [5, 5.41) is 0.621. The number of hydrogen-bond acceptors (Lipinski definition) is 3. The van der Waals surface area contributed by atoms with E-state index in [1.165, 1.54) is 0 Å². The quantitative estimate of drug-likeness (QED) is 0.859. The number of nitrogens with one attached hydrogen (secondary N) is 1. The van der Waals surface area contributed by atoms with Crippen molar-refractivity contribution in [2.75, 3.05) is 13.6 Å². The van der Waals surface area contributed by atoms with E-state index in [0.717, 1.165) is 30.7 Å². The molecule has 0 bridgehead atoms. The van der Waals surface area contributed by atoms with Gasteiger partial charge in [0.05, 0.1) is 10.5 Å². The fourth-order valence-electron chi connectivity index (χ4n) is 1.96. The molecule has 6 heteroatoms. The van der Waals surface area contributed by atoms with Crippen LogP contribution in [0.15, 0.2) is 12.3 Å². The lowest BCUT2D eigenvalue weighted by Gasteiger charge is -2.20. The summed E-state index contributed by atoms with van der Waals surface area (Å²) in [7, 11) is 2.14. The van der Waals surface area contributed by atoms with Gasteiger partial charge in [0.25, 0.3) is 0 Å². The van der Waals surface area contributed by atoms with Crippen molar-refractivity contribution in [3.05, 3.63) is 22.1 Å². The molecule has 0 amide bonds. The van der Waals surface area contributed by atoms with Crippen LogP contribution in [0.4, 0.5) is 0 Å². The van der Waals surface area contributed by atoms with Gasteiger partial charge in [-0.15, -0.1) is 0 Å². The van der Waals surface area contributed by atoms with E-state index in [-0.39, 0.29) is 0 Å². The van der Waals surface area contributed by atoms with Gasteiger partial charge in [0.1, 0.15) is 0 Å². The largest absolute Gasteiger partial charge is 0.329 e. The van der Waals surface area contributed by atoms with Gasteiger partial charge >= 0.3 is 0 Å². The number of imidazole rings is 1. The molecule has 2 heterocycles. The molecule has 0 saturated carbocycles. The Labute approximate surface area is 123 Å². The van der Waals surface area contributed by atoms with Crippen LogP contribution < -0.4 is 0 Å². The van der Waals surface area contributed by atoms with Crippen LogP contribution in [-0.2, 0) is 6.54 Å². The number of pyridine rings is 1. The third kappa shape index (κ3) is 3.35. The van der Waals surface area contributed by atoms with Crippen LogP contribution in [-0.4, -0.2) is 39.1 Å². The summed E-state index contributed by atoms with van der Waals surface area (Å²) < 4.78 is 2.74. The Hall–Kier alpha value is -0.910. The van der Waals surface area contributed by atoms with Crippen molar-refractivity contribution in [2.45, 2.75) is 32.9 Å². The van der Waals surface area contributed by atoms with Crippen LogP contribution in [0.5, 0.6) is 0 Å². The maximum absolute atomic E-state index is 5.93. The third-order valence-corrected chi connectivity index (χ3v) is 3.88. The van der Waals surface area contributed by atoms with E-state index in [4.69, 9.17) is 23.8 Å². The molecule has 0 fully saturated rings. The molecular weight excluding hydrogens is 280 g/mol. The summed E-state index contributed by atoms with van der Waals surface area (Å²) in [6.45, 7) is 6.30. The molecule has 0 spiro atoms. The van der Waals surface area contributed by atoms with Crippen molar-refractivity contribution in [2.24, 2.45) is 0 Å². The van der Waals surface area contributed by atoms with E-state index >= 15 is 0 Å². The van der Waals surface area contributed by atoms with Crippen molar-refractivity contribution in [1.29, 1.82) is 0 Å². The number of H-pyrrole nitrogens is 1. The normalized spacial score (nSPS) is 11.9. The van der Waals surface area contributed by atoms with Gasteiger partial charge in [0.2, 0.25) is 0 Å². The van der Waals surface area contributed by atoms with Crippen molar-refractivity contribution in [3.63, 3.8) is 0 Å². The van der Waals surface area contributed by atoms with Crippen LogP contribution in [0.3, 0.4) is 0 Å². The number of hydrogen-bond donors (Lipinski definition) is 1. The number of aromatic nitrogens is 3. The van der Waals surface area contributed by atoms with Crippen LogP contribution >= 0.6 is 23.8 Å². The topological polar surface area (TPSA) is 36.9 Å². The zero-order valence-corrected chi connectivity index (χ0v) is 13.1. The van der Waals surface area contributed by atoms with Gasteiger partial charge in [-0.25, -0.2) is 4.98 Å². The number of aryl methyl sites for hydroxylation is 1. The predicted octanol–water partition coefficient (Wildman–Crippen LogP) is 3.48. The van der Waals surface area contributed by atoms with Gasteiger partial charge in [-0.2, -0.15) is 0 Å². The van der Waals surface area contributed by atoms with E-state index < -0.39 is 0 Å². The summed E-state index contributed by atoms with van der Waals surface area (Å²) in [5.74, 6) is 0. The van der Waals surface area contributed by atoms with Crippen molar-refractivity contribution >= 4 is 35.0 Å². The van der Waals surface area contributed by atoms with Gasteiger partial charge in [0, 0.05) is 18.8 Å². The smallest absolute Gasteiger partial charge is 0.179 e. The lowest BCUT2D eigenvalue weighted by atomic mass is 10.3. The average molecular weight is 299 g/mol. The number of aromatic amines is 1.